The van der Waals surface area contributed by atoms with Crippen molar-refractivity contribution in [2.45, 2.75) is 50.2 Å². The van der Waals surface area contributed by atoms with E-state index in [1.807, 2.05) is 6.07 Å². The molecule has 1 atom stereocenters. The third kappa shape index (κ3) is 3.23. The maximum atomic E-state index is 6.59. The van der Waals surface area contributed by atoms with E-state index in [1.54, 1.807) is 7.11 Å². The second-order valence-electron chi connectivity index (χ2n) is 6.87. The van der Waals surface area contributed by atoms with E-state index in [0.717, 1.165) is 43.9 Å². The van der Waals surface area contributed by atoms with Crippen LogP contribution < -0.4 is 15.2 Å². The molecular formula is C18H28N2O2. The number of methoxy groups -OCH3 is 1. The fraction of sp³-hybridized carbons (Fsp3) is 0.667. The van der Waals surface area contributed by atoms with E-state index in [0.29, 0.717) is 0 Å². The van der Waals surface area contributed by atoms with E-state index < -0.39 is 0 Å². The van der Waals surface area contributed by atoms with Crippen molar-refractivity contribution in [3.8, 4) is 11.5 Å². The number of ether oxygens (including phenoxy) is 2. The van der Waals surface area contributed by atoms with Crippen LogP contribution in [0.3, 0.4) is 0 Å². The number of hydrogen-bond donors (Lipinski definition) is 1. The van der Waals surface area contributed by atoms with Gasteiger partial charge >= 0.3 is 0 Å². The van der Waals surface area contributed by atoms with Crippen LogP contribution in [0.2, 0.25) is 0 Å². The van der Waals surface area contributed by atoms with Crippen LogP contribution in [-0.4, -0.2) is 38.3 Å². The Morgan fingerprint density at radius 2 is 1.95 bits per heavy atom. The molecule has 1 saturated heterocycles. The van der Waals surface area contributed by atoms with Gasteiger partial charge in [0.2, 0.25) is 0 Å². The molecule has 1 aliphatic carbocycles. The van der Waals surface area contributed by atoms with Gasteiger partial charge in [-0.05, 0) is 57.0 Å². The highest BCUT2D eigenvalue weighted by atomic mass is 16.5. The van der Waals surface area contributed by atoms with Gasteiger partial charge in [-0.1, -0.05) is 18.9 Å². The topological polar surface area (TPSA) is 47.7 Å². The third-order valence-electron chi connectivity index (χ3n) is 5.11. The van der Waals surface area contributed by atoms with E-state index in [4.69, 9.17) is 15.2 Å². The SMILES string of the molecule is COc1ccc(C2(N)CCCC2)cc1OC1CCCN(C)C1. The van der Waals surface area contributed by atoms with E-state index in [2.05, 4.69) is 24.1 Å². The largest absolute Gasteiger partial charge is 0.493 e. The van der Waals surface area contributed by atoms with Gasteiger partial charge in [0.1, 0.15) is 6.10 Å². The molecule has 2 N–H and O–H groups in total. The molecule has 1 aliphatic heterocycles. The van der Waals surface area contributed by atoms with Gasteiger partial charge in [-0.15, -0.1) is 0 Å². The normalized spacial score (nSPS) is 25.1. The van der Waals surface area contributed by atoms with Crippen molar-refractivity contribution in [3.05, 3.63) is 23.8 Å². The van der Waals surface area contributed by atoms with Crippen molar-refractivity contribution in [1.82, 2.24) is 4.90 Å². The summed E-state index contributed by atoms with van der Waals surface area (Å²) < 4.78 is 11.8. The first kappa shape index (κ1) is 15.6. The van der Waals surface area contributed by atoms with Gasteiger partial charge in [-0.3, -0.25) is 0 Å². The summed E-state index contributed by atoms with van der Waals surface area (Å²) >= 11 is 0. The van der Waals surface area contributed by atoms with Gasteiger partial charge in [0.25, 0.3) is 0 Å². The smallest absolute Gasteiger partial charge is 0.161 e. The van der Waals surface area contributed by atoms with Gasteiger partial charge in [0.15, 0.2) is 11.5 Å². The lowest BCUT2D eigenvalue weighted by molar-refractivity contribution is 0.101. The lowest BCUT2D eigenvalue weighted by Gasteiger charge is -2.31. The minimum atomic E-state index is -0.187. The monoisotopic (exact) mass is 304 g/mol. The average Bonchev–Trinajstić information content (AvgIpc) is 2.95. The summed E-state index contributed by atoms with van der Waals surface area (Å²) in [6, 6.07) is 6.22. The van der Waals surface area contributed by atoms with E-state index >= 15 is 0 Å². The van der Waals surface area contributed by atoms with Crippen molar-refractivity contribution >= 4 is 0 Å². The van der Waals surface area contributed by atoms with E-state index in [9.17, 15) is 0 Å². The van der Waals surface area contributed by atoms with Gasteiger partial charge in [0.05, 0.1) is 7.11 Å². The van der Waals surface area contributed by atoms with Crippen LogP contribution in [0.25, 0.3) is 0 Å². The molecule has 0 spiro atoms. The predicted octanol–water partition coefficient (Wildman–Crippen LogP) is 2.90. The van der Waals surface area contributed by atoms with Crippen LogP contribution in [0.1, 0.15) is 44.1 Å². The van der Waals surface area contributed by atoms with Crippen LogP contribution in [0.4, 0.5) is 0 Å². The van der Waals surface area contributed by atoms with E-state index in [1.165, 1.54) is 24.8 Å². The van der Waals surface area contributed by atoms with Crippen molar-refractivity contribution in [1.29, 1.82) is 0 Å². The molecule has 4 heteroatoms. The third-order valence-corrected chi connectivity index (χ3v) is 5.11. The van der Waals surface area contributed by atoms with Crippen LogP contribution >= 0.6 is 0 Å². The predicted molar refractivity (Wildman–Crippen MR) is 88.5 cm³/mol. The zero-order valence-corrected chi connectivity index (χ0v) is 13.8. The number of likely N-dealkylation sites (tertiary alicyclic amines) is 1. The molecule has 0 aromatic heterocycles. The first-order valence-electron chi connectivity index (χ1n) is 8.43. The second kappa shape index (κ2) is 6.47. The summed E-state index contributed by atoms with van der Waals surface area (Å²) in [5.41, 5.74) is 7.59. The molecular weight excluding hydrogens is 276 g/mol. The summed E-state index contributed by atoms with van der Waals surface area (Å²) in [5.74, 6) is 1.65. The number of piperidine rings is 1. The first-order valence-corrected chi connectivity index (χ1v) is 8.43. The highest BCUT2D eigenvalue weighted by molar-refractivity contribution is 5.45. The van der Waals surface area contributed by atoms with Crippen LogP contribution in [0.15, 0.2) is 18.2 Å². The lowest BCUT2D eigenvalue weighted by Crippen LogP contribution is -2.38. The molecule has 3 rings (SSSR count). The Hall–Kier alpha value is -1.26. The molecule has 0 radical (unpaired) electrons. The Bertz CT molecular complexity index is 512. The van der Waals surface area contributed by atoms with Crippen molar-refractivity contribution < 1.29 is 9.47 Å². The van der Waals surface area contributed by atoms with Gasteiger partial charge < -0.3 is 20.1 Å². The molecule has 1 unspecified atom stereocenters. The number of benzene rings is 1. The number of rotatable bonds is 4. The molecule has 1 heterocycles. The zero-order valence-electron chi connectivity index (χ0n) is 13.8. The highest BCUT2D eigenvalue weighted by Crippen LogP contribution is 2.40. The first-order chi connectivity index (χ1) is 10.6. The maximum Gasteiger partial charge on any atom is 0.161 e. The Kier molecular flexibility index (Phi) is 4.59. The van der Waals surface area contributed by atoms with Crippen molar-refractivity contribution in [3.63, 3.8) is 0 Å². The van der Waals surface area contributed by atoms with Crippen molar-refractivity contribution in [2.75, 3.05) is 27.2 Å². The second-order valence-corrected chi connectivity index (χ2v) is 6.87. The standard InChI is InChI=1S/C18H28N2O2/c1-20-11-5-6-15(13-20)22-17-12-14(7-8-16(17)21-2)18(19)9-3-4-10-18/h7-8,12,15H,3-6,9-11,13,19H2,1-2H3. The van der Waals surface area contributed by atoms with Crippen molar-refractivity contribution in [2.24, 2.45) is 5.73 Å². The zero-order chi connectivity index (χ0) is 15.6. The summed E-state index contributed by atoms with van der Waals surface area (Å²) in [7, 11) is 3.85. The number of hydrogen-bond acceptors (Lipinski definition) is 4. The molecule has 1 aromatic carbocycles. The Balaban J connectivity index is 1.81. The average molecular weight is 304 g/mol. The molecule has 122 valence electrons. The van der Waals surface area contributed by atoms with Gasteiger partial charge in [-0.2, -0.15) is 0 Å². The lowest BCUT2D eigenvalue weighted by atomic mass is 9.89. The fourth-order valence-electron chi connectivity index (χ4n) is 3.77. The molecule has 22 heavy (non-hydrogen) atoms. The minimum absolute atomic E-state index is 0.187. The molecule has 2 aliphatic rings. The number of nitrogens with zero attached hydrogens (tertiary/aromatic N) is 1. The maximum absolute atomic E-state index is 6.59. The summed E-state index contributed by atoms with van der Waals surface area (Å²) in [4.78, 5) is 2.33. The molecule has 2 fully saturated rings. The van der Waals surface area contributed by atoms with Gasteiger partial charge in [-0.25, -0.2) is 0 Å². The van der Waals surface area contributed by atoms with Crippen LogP contribution in [-0.2, 0) is 5.54 Å². The van der Waals surface area contributed by atoms with Gasteiger partial charge in [0, 0.05) is 12.1 Å². The number of likely N-dealkylation sites (N-methyl/N-ethyl adjacent to an activating group) is 1. The molecule has 1 aromatic rings. The minimum Gasteiger partial charge on any atom is -0.493 e. The number of nitrogens with two attached hydrogens (primary N) is 1. The Labute approximate surface area is 133 Å². The Morgan fingerprint density at radius 1 is 1.18 bits per heavy atom. The summed E-state index contributed by atoms with van der Waals surface area (Å²) in [6.07, 6.45) is 7.07. The quantitative estimate of drug-likeness (QED) is 0.929. The summed E-state index contributed by atoms with van der Waals surface area (Å²) in [5, 5.41) is 0. The molecule has 0 bridgehead atoms. The molecule has 4 nitrogen and oxygen atoms in total. The van der Waals surface area contributed by atoms with E-state index in [-0.39, 0.29) is 11.6 Å². The summed E-state index contributed by atoms with van der Waals surface area (Å²) in [6.45, 7) is 2.13. The fourth-order valence-corrected chi connectivity index (χ4v) is 3.77. The highest BCUT2D eigenvalue weighted by Gasteiger charge is 2.32. The Morgan fingerprint density at radius 3 is 2.64 bits per heavy atom. The van der Waals surface area contributed by atoms with Crippen LogP contribution in [0, 0.1) is 0 Å². The molecule has 1 saturated carbocycles. The molecule has 0 amide bonds. The van der Waals surface area contributed by atoms with Crippen LogP contribution in [0.5, 0.6) is 11.5 Å².